The van der Waals surface area contributed by atoms with E-state index < -0.39 is 14.8 Å². The second kappa shape index (κ2) is 8.23. The van der Waals surface area contributed by atoms with Crippen molar-refractivity contribution >= 4 is 33.0 Å². The van der Waals surface area contributed by atoms with Gasteiger partial charge in [0, 0.05) is 30.4 Å². The largest absolute Gasteiger partial charge is 0.379 e. The Kier molecular flexibility index (Phi) is 6.97. The van der Waals surface area contributed by atoms with E-state index in [0.29, 0.717) is 23.7 Å². The number of anilines is 1. The van der Waals surface area contributed by atoms with Gasteiger partial charge >= 0.3 is 0 Å². The van der Waals surface area contributed by atoms with E-state index in [1.54, 1.807) is 12.1 Å². The maximum Gasteiger partial charge on any atom is 0.292 e. The minimum Gasteiger partial charge on any atom is -0.379 e. The summed E-state index contributed by atoms with van der Waals surface area (Å²) in [6, 6.07) is 4.97. The standard InChI is InChI=1S/C13H20N2O4S2/c1-3-6-14-12-9-11(4-5-13(12)15(16)17)10-20-7-8-21(2,18)19/h4-5,9,14H,3,6-8,10H2,1-2H3. The molecule has 0 saturated heterocycles. The van der Waals surface area contributed by atoms with Crippen LogP contribution < -0.4 is 5.32 Å². The van der Waals surface area contributed by atoms with Gasteiger partial charge in [0.05, 0.1) is 10.7 Å². The third-order valence-corrected chi connectivity index (χ3v) is 4.92. The van der Waals surface area contributed by atoms with Crippen molar-refractivity contribution in [3.63, 3.8) is 0 Å². The summed E-state index contributed by atoms with van der Waals surface area (Å²) in [6.45, 7) is 2.66. The molecular formula is C13H20N2O4S2. The molecule has 0 aromatic heterocycles. The first kappa shape index (κ1) is 17.8. The Labute approximate surface area is 129 Å². The molecule has 0 unspecified atom stereocenters. The lowest BCUT2D eigenvalue weighted by Gasteiger charge is -2.08. The Balaban J connectivity index is 2.68. The number of nitrogens with zero attached hydrogens (tertiary/aromatic N) is 1. The van der Waals surface area contributed by atoms with E-state index in [-0.39, 0.29) is 11.4 Å². The van der Waals surface area contributed by atoms with Crippen LogP contribution in [0.2, 0.25) is 0 Å². The maximum atomic E-state index is 11.0. The predicted molar refractivity (Wildman–Crippen MR) is 87.7 cm³/mol. The van der Waals surface area contributed by atoms with Crippen molar-refractivity contribution < 1.29 is 13.3 Å². The lowest BCUT2D eigenvalue weighted by molar-refractivity contribution is -0.384. The van der Waals surface area contributed by atoms with Crippen LogP contribution in [0.1, 0.15) is 18.9 Å². The molecule has 0 atom stereocenters. The van der Waals surface area contributed by atoms with Crippen molar-refractivity contribution in [3.8, 4) is 0 Å². The average molecular weight is 332 g/mol. The minimum atomic E-state index is -2.94. The Morgan fingerprint density at radius 2 is 2.10 bits per heavy atom. The van der Waals surface area contributed by atoms with Crippen LogP contribution in [0, 0.1) is 10.1 Å². The molecule has 6 nitrogen and oxygen atoms in total. The summed E-state index contributed by atoms with van der Waals surface area (Å²) in [4.78, 5) is 10.6. The first-order valence-corrected chi connectivity index (χ1v) is 9.81. The predicted octanol–water partition coefficient (Wildman–Crippen LogP) is 2.69. The third-order valence-electron chi connectivity index (χ3n) is 2.69. The van der Waals surface area contributed by atoms with Gasteiger partial charge < -0.3 is 5.32 Å². The molecule has 0 saturated carbocycles. The normalized spacial score (nSPS) is 11.3. The smallest absolute Gasteiger partial charge is 0.292 e. The van der Waals surface area contributed by atoms with Crippen molar-refractivity contribution in [1.29, 1.82) is 0 Å². The number of nitrogens with one attached hydrogen (secondary N) is 1. The van der Waals surface area contributed by atoms with Gasteiger partial charge in [-0.25, -0.2) is 8.42 Å². The summed E-state index contributed by atoms with van der Waals surface area (Å²) in [6.07, 6.45) is 2.09. The fourth-order valence-electron chi connectivity index (χ4n) is 1.63. The second-order valence-electron chi connectivity index (χ2n) is 4.72. The number of hydrogen-bond donors (Lipinski definition) is 1. The number of hydrogen-bond acceptors (Lipinski definition) is 6. The number of benzene rings is 1. The fourth-order valence-corrected chi connectivity index (χ4v) is 3.88. The topological polar surface area (TPSA) is 89.3 Å². The van der Waals surface area contributed by atoms with Crippen molar-refractivity contribution in [1.82, 2.24) is 0 Å². The molecule has 8 heteroatoms. The molecular weight excluding hydrogens is 312 g/mol. The van der Waals surface area contributed by atoms with Crippen LogP contribution in [0.3, 0.4) is 0 Å². The van der Waals surface area contributed by atoms with Crippen molar-refractivity contribution in [2.75, 3.05) is 29.6 Å². The molecule has 0 bridgehead atoms. The highest BCUT2D eigenvalue weighted by atomic mass is 32.2. The van der Waals surface area contributed by atoms with E-state index in [9.17, 15) is 18.5 Å². The molecule has 118 valence electrons. The summed E-state index contributed by atoms with van der Waals surface area (Å²) >= 11 is 1.50. The molecule has 0 radical (unpaired) electrons. The van der Waals surface area contributed by atoms with Gasteiger partial charge in [-0.05, 0) is 18.1 Å². The van der Waals surface area contributed by atoms with Crippen LogP contribution in [0.25, 0.3) is 0 Å². The third kappa shape index (κ3) is 6.81. The van der Waals surface area contributed by atoms with Gasteiger partial charge in [-0.3, -0.25) is 10.1 Å². The maximum absolute atomic E-state index is 11.0. The molecule has 1 aromatic rings. The van der Waals surface area contributed by atoms with Crippen molar-refractivity contribution in [2.45, 2.75) is 19.1 Å². The van der Waals surface area contributed by atoms with Crippen LogP contribution in [0.15, 0.2) is 18.2 Å². The van der Waals surface area contributed by atoms with Gasteiger partial charge in [-0.1, -0.05) is 13.0 Å². The highest BCUT2D eigenvalue weighted by Crippen LogP contribution is 2.27. The van der Waals surface area contributed by atoms with Gasteiger partial charge in [0.2, 0.25) is 0 Å². The van der Waals surface area contributed by atoms with E-state index >= 15 is 0 Å². The van der Waals surface area contributed by atoms with Gasteiger partial charge in [0.1, 0.15) is 15.5 Å². The van der Waals surface area contributed by atoms with E-state index in [0.717, 1.165) is 12.0 Å². The summed E-state index contributed by atoms with van der Waals surface area (Å²) in [5, 5.41) is 14.0. The Morgan fingerprint density at radius 3 is 2.67 bits per heavy atom. The van der Waals surface area contributed by atoms with Crippen LogP contribution in [-0.4, -0.2) is 37.6 Å². The van der Waals surface area contributed by atoms with Crippen LogP contribution >= 0.6 is 11.8 Å². The van der Waals surface area contributed by atoms with E-state index in [1.165, 1.54) is 24.1 Å². The van der Waals surface area contributed by atoms with Crippen LogP contribution in [-0.2, 0) is 15.6 Å². The van der Waals surface area contributed by atoms with Gasteiger partial charge in [0.15, 0.2) is 0 Å². The Morgan fingerprint density at radius 1 is 1.38 bits per heavy atom. The number of rotatable bonds is 9. The highest BCUT2D eigenvalue weighted by Gasteiger charge is 2.13. The first-order valence-electron chi connectivity index (χ1n) is 6.60. The minimum absolute atomic E-state index is 0.0633. The van der Waals surface area contributed by atoms with Crippen LogP contribution in [0.5, 0.6) is 0 Å². The lowest BCUT2D eigenvalue weighted by atomic mass is 10.2. The van der Waals surface area contributed by atoms with Crippen molar-refractivity contribution in [3.05, 3.63) is 33.9 Å². The number of nitro benzene ring substituents is 1. The lowest BCUT2D eigenvalue weighted by Crippen LogP contribution is -2.05. The van der Waals surface area contributed by atoms with Gasteiger partial charge in [0.25, 0.3) is 5.69 Å². The molecule has 0 amide bonds. The molecule has 0 heterocycles. The first-order chi connectivity index (χ1) is 9.83. The Bertz CT molecular complexity index is 588. The number of thioether (sulfide) groups is 1. The molecule has 1 aromatic carbocycles. The molecule has 0 aliphatic carbocycles. The summed E-state index contributed by atoms with van der Waals surface area (Å²) in [5.41, 5.74) is 1.52. The molecule has 0 aliphatic heterocycles. The summed E-state index contributed by atoms with van der Waals surface area (Å²) in [7, 11) is -2.94. The quantitative estimate of drug-likeness (QED) is 0.425. The zero-order chi connectivity index (χ0) is 15.9. The van der Waals surface area contributed by atoms with Gasteiger partial charge in [-0.15, -0.1) is 0 Å². The summed E-state index contributed by atoms with van der Waals surface area (Å²) < 4.78 is 22.1. The molecule has 0 aliphatic rings. The number of nitro groups is 1. The monoisotopic (exact) mass is 332 g/mol. The van der Waals surface area contributed by atoms with E-state index in [2.05, 4.69) is 5.32 Å². The van der Waals surface area contributed by atoms with Gasteiger partial charge in [-0.2, -0.15) is 11.8 Å². The zero-order valence-corrected chi connectivity index (χ0v) is 13.8. The SMILES string of the molecule is CCCNc1cc(CSCCS(C)(=O)=O)ccc1[N+](=O)[O-]. The van der Waals surface area contributed by atoms with E-state index in [1.807, 2.05) is 6.92 Å². The van der Waals surface area contributed by atoms with Crippen molar-refractivity contribution in [2.24, 2.45) is 0 Å². The molecule has 1 N–H and O–H groups in total. The van der Waals surface area contributed by atoms with E-state index in [4.69, 9.17) is 0 Å². The fraction of sp³-hybridized carbons (Fsp3) is 0.538. The van der Waals surface area contributed by atoms with Crippen LogP contribution in [0.4, 0.5) is 11.4 Å². The summed E-state index contributed by atoms with van der Waals surface area (Å²) in [5.74, 6) is 1.30. The molecule has 1 rings (SSSR count). The second-order valence-corrected chi connectivity index (χ2v) is 8.08. The number of sulfone groups is 1. The highest BCUT2D eigenvalue weighted by molar-refractivity contribution is 7.99. The Hall–Kier alpha value is -1.28. The molecule has 0 fully saturated rings. The molecule has 0 spiro atoms. The average Bonchev–Trinajstić information content (AvgIpc) is 2.40. The molecule has 21 heavy (non-hydrogen) atoms. The zero-order valence-electron chi connectivity index (χ0n) is 12.2.